The highest BCUT2D eigenvalue weighted by atomic mass is 32.2. The van der Waals surface area contributed by atoms with Gasteiger partial charge < -0.3 is 5.32 Å². The molecule has 3 nitrogen and oxygen atoms in total. The van der Waals surface area contributed by atoms with Crippen molar-refractivity contribution in [1.82, 2.24) is 9.97 Å². The van der Waals surface area contributed by atoms with Crippen LogP contribution < -0.4 is 5.32 Å². The molecule has 0 saturated heterocycles. The Labute approximate surface area is 104 Å². The Bertz CT molecular complexity index is 479. The third-order valence-corrected chi connectivity index (χ3v) is 4.57. The van der Waals surface area contributed by atoms with Crippen molar-refractivity contribution < 1.29 is 0 Å². The SMILES string of the molecule is CSC(C)(C)CNc1ncnc2sccc12. The molecule has 2 aromatic rings. The Kier molecular flexibility index (Phi) is 3.35. The number of nitrogens with one attached hydrogen (secondary N) is 1. The van der Waals surface area contributed by atoms with Gasteiger partial charge in [-0.25, -0.2) is 9.97 Å². The molecule has 0 radical (unpaired) electrons. The van der Waals surface area contributed by atoms with Crippen molar-refractivity contribution >= 4 is 39.1 Å². The van der Waals surface area contributed by atoms with E-state index < -0.39 is 0 Å². The van der Waals surface area contributed by atoms with Crippen LogP contribution in [-0.4, -0.2) is 27.5 Å². The number of hydrogen-bond acceptors (Lipinski definition) is 5. The predicted molar refractivity (Wildman–Crippen MR) is 73.5 cm³/mol. The molecular weight excluding hydrogens is 238 g/mol. The third-order valence-electron chi connectivity index (χ3n) is 2.50. The predicted octanol–water partition coefficient (Wildman–Crippen LogP) is 3.24. The number of rotatable bonds is 4. The number of anilines is 1. The van der Waals surface area contributed by atoms with Gasteiger partial charge in [-0.05, 0) is 31.5 Å². The number of thiophene rings is 1. The zero-order valence-electron chi connectivity index (χ0n) is 9.65. The summed E-state index contributed by atoms with van der Waals surface area (Å²) in [5, 5.41) is 6.56. The molecule has 16 heavy (non-hydrogen) atoms. The molecule has 0 atom stereocenters. The van der Waals surface area contributed by atoms with Crippen molar-refractivity contribution in [3.63, 3.8) is 0 Å². The van der Waals surface area contributed by atoms with Crippen LogP contribution in [-0.2, 0) is 0 Å². The molecule has 2 rings (SSSR count). The highest BCUT2D eigenvalue weighted by Crippen LogP contribution is 2.26. The van der Waals surface area contributed by atoms with Crippen LogP contribution in [0.2, 0.25) is 0 Å². The minimum absolute atomic E-state index is 0.216. The van der Waals surface area contributed by atoms with E-state index in [-0.39, 0.29) is 4.75 Å². The van der Waals surface area contributed by atoms with Gasteiger partial charge in [-0.15, -0.1) is 11.3 Å². The second-order valence-electron chi connectivity index (χ2n) is 4.18. The average Bonchev–Trinajstić information content (AvgIpc) is 2.75. The lowest BCUT2D eigenvalue weighted by molar-refractivity contribution is 0.750. The first-order chi connectivity index (χ1) is 7.62. The van der Waals surface area contributed by atoms with Gasteiger partial charge in [0.1, 0.15) is 17.0 Å². The van der Waals surface area contributed by atoms with Gasteiger partial charge in [0, 0.05) is 11.3 Å². The van der Waals surface area contributed by atoms with E-state index in [1.54, 1.807) is 17.7 Å². The summed E-state index contributed by atoms with van der Waals surface area (Å²) in [6.45, 7) is 5.34. The van der Waals surface area contributed by atoms with Gasteiger partial charge in [0.2, 0.25) is 0 Å². The van der Waals surface area contributed by atoms with E-state index in [4.69, 9.17) is 0 Å². The number of thioether (sulfide) groups is 1. The zero-order valence-corrected chi connectivity index (χ0v) is 11.3. The molecule has 0 bridgehead atoms. The maximum absolute atomic E-state index is 4.29. The number of hydrogen-bond donors (Lipinski definition) is 1. The fourth-order valence-corrected chi connectivity index (χ4v) is 2.25. The van der Waals surface area contributed by atoms with Crippen molar-refractivity contribution in [2.45, 2.75) is 18.6 Å². The largest absolute Gasteiger partial charge is 0.368 e. The Hall–Kier alpha value is -0.810. The van der Waals surface area contributed by atoms with Crippen LogP contribution in [0.4, 0.5) is 5.82 Å². The molecular formula is C11H15N3S2. The Morgan fingerprint density at radius 3 is 3.00 bits per heavy atom. The highest BCUT2D eigenvalue weighted by molar-refractivity contribution is 7.99. The van der Waals surface area contributed by atoms with E-state index in [0.29, 0.717) is 0 Å². The maximum Gasteiger partial charge on any atom is 0.138 e. The van der Waals surface area contributed by atoms with Gasteiger partial charge in [0.25, 0.3) is 0 Å². The van der Waals surface area contributed by atoms with Crippen LogP contribution >= 0.6 is 23.1 Å². The summed E-state index contributed by atoms with van der Waals surface area (Å²) in [4.78, 5) is 9.56. The van der Waals surface area contributed by atoms with E-state index in [9.17, 15) is 0 Å². The van der Waals surface area contributed by atoms with Gasteiger partial charge in [0.15, 0.2) is 0 Å². The van der Waals surface area contributed by atoms with Crippen molar-refractivity contribution in [3.05, 3.63) is 17.8 Å². The molecule has 0 aliphatic carbocycles. The molecule has 0 unspecified atom stereocenters. The van der Waals surface area contributed by atoms with Crippen LogP contribution in [0.5, 0.6) is 0 Å². The molecule has 0 aromatic carbocycles. The van der Waals surface area contributed by atoms with Crippen LogP contribution in [0, 0.1) is 0 Å². The molecule has 0 aliphatic rings. The van der Waals surface area contributed by atoms with Crippen LogP contribution in [0.25, 0.3) is 10.2 Å². The first kappa shape index (κ1) is 11.7. The highest BCUT2D eigenvalue weighted by Gasteiger charge is 2.16. The molecule has 0 aliphatic heterocycles. The molecule has 0 fully saturated rings. The first-order valence-corrected chi connectivity index (χ1v) is 7.20. The number of nitrogens with zero attached hydrogens (tertiary/aromatic N) is 2. The summed E-state index contributed by atoms with van der Waals surface area (Å²) in [6, 6.07) is 2.06. The van der Waals surface area contributed by atoms with Crippen molar-refractivity contribution in [2.24, 2.45) is 0 Å². The van der Waals surface area contributed by atoms with E-state index >= 15 is 0 Å². The van der Waals surface area contributed by atoms with Gasteiger partial charge in [-0.3, -0.25) is 0 Å². The lowest BCUT2D eigenvalue weighted by Gasteiger charge is -2.22. The van der Waals surface area contributed by atoms with Crippen molar-refractivity contribution in [3.8, 4) is 0 Å². The zero-order chi connectivity index (χ0) is 11.6. The molecule has 1 N–H and O–H groups in total. The second kappa shape index (κ2) is 4.59. The quantitative estimate of drug-likeness (QED) is 0.907. The molecule has 0 saturated carbocycles. The first-order valence-electron chi connectivity index (χ1n) is 5.09. The van der Waals surface area contributed by atoms with Gasteiger partial charge in [-0.2, -0.15) is 11.8 Å². The van der Waals surface area contributed by atoms with Crippen LogP contribution in [0.15, 0.2) is 17.8 Å². The average molecular weight is 253 g/mol. The normalized spacial score (nSPS) is 11.9. The summed E-state index contributed by atoms with van der Waals surface area (Å²) >= 11 is 3.49. The van der Waals surface area contributed by atoms with E-state index in [2.05, 4.69) is 41.5 Å². The molecule has 86 valence electrons. The van der Waals surface area contributed by atoms with E-state index in [1.807, 2.05) is 17.1 Å². The Morgan fingerprint density at radius 2 is 2.25 bits per heavy atom. The van der Waals surface area contributed by atoms with Crippen LogP contribution in [0.1, 0.15) is 13.8 Å². The molecule has 0 amide bonds. The minimum Gasteiger partial charge on any atom is -0.368 e. The van der Waals surface area contributed by atoms with E-state index in [0.717, 1.165) is 22.6 Å². The lowest BCUT2D eigenvalue weighted by Crippen LogP contribution is -2.26. The standard InChI is InChI=1S/C11H15N3S2/c1-11(2,15-3)6-12-9-8-4-5-16-10(8)14-7-13-9/h4-5,7H,6H2,1-3H3,(H,12,13,14). The monoisotopic (exact) mass is 253 g/mol. The molecule has 0 spiro atoms. The molecule has 5 heteroatoms. The number of aromatic nitrogens is 2. The maximum atomic E-state index is 4.29. The lowest BCUT2D eigenvalue weighted by atomic mass is 10.2. The summed E-state index contributed by atoms with van der Waals surface area (Å²) < 4.78 is 0.216. The summed E-state index contributed by atoms with van der Waals surface area (Å²) in [6.07, 6.45) is 3.75. The van der Waals surface area contributed by atoms with Gasteiger partial charge in [0.05, 0.1) is 5.39 Å². The number of fused-ring (bicyclic) bond motifs is 1. The Balaban J connectivity index is 2.18. The van der Waals surface area contributed by atoms with E-state index in [1.165, 1.54) is 0 Å². The summed E-state index contributed by atoms with van der Waals surface area (Å²) in [5.41, 5.74) is 0. The second-order valence-corrected chi connectivity index (χ2v) is 6.59. The van der Waals surface area contributed by atoms with Crippen molar-refractivity contribution in [2.75, 3.05) is 18.1 Å². The van der Waals surface area contributed by atoms with Gasteiger partial charge >= 0.3 is 0 Å². The molecule has 2 aromatic heterocycles. The minimum atomic E-state index is 0.216. The topological polar surface area (TPSA) is 37.8 Å². The fourth-order valence-electron chi connectivity index (χ4n) is 1.30. The van der Waals surface area contributed by atoms with Gasteiger partial charge in [-0.1, -0.05) is 0 Å². The summed E-state index contributed by atoms with van der Waals surface area (Å²) in [7, 11) is 0. The fraction of sp³-hybridized carbons (Fsp3) is 0.455. The van der Waals surface area contributed by atoms with Crippen LogP contribution in [0.3, 0.4) is 0 Å². The molecule has 2 heterocycles. The smallest absolute Gasteiger partial charge is 0.138 e. The Morgan fingerprint density at radius 1 is 1.44 bits per heavy atom. The summed E-state index contributed by atoms with van der Waals surface area (Å²) in [5.74, 6) is 0.938. The van der Waals surface area contributed by atoms with Crippen molar-refractivity contribution in [1.29, 1.82) is 0 Å². The third kappa shape index (κ3) is 2.47.